The minimum atomic E-state index is -3.46. The summed E-state index contributed by atoms with van der Waals surface area (Å²) in [6.45, 7) is 1.12. The van der Waals surface area contributed by atoms with E-state index in [-0.39, 0.29) is 17.2 Å². The minimum absolute atomic E-state index is 0.120. The Kier molecular flexibility index (Phi) is 6.19. The summed E-state index contributed by atoms with van der Waals surface area (Å²) in [5, 5.41) is 6.01. The number of hydrogen-bond acceptors (Lipinski definition) is 5. The van der Waals surface area contributed by atoms with E-state index >= 15 is 0 Å². The van der Waals surface area contributed by atoms with Crippen molar-refractivity contribution in [3.8, 4) is 10.6 Å². The van der Waals surface area contributed by atoms with E-state index in [1.165, 1.54) is 27.8 Å². The normalized spacial score (nSPS) is 14.7. The van der Waals surface area contributed by atoms with Gasteiger partial charge in [-0.25, -0.2) is 13.4 Å². The molecule has 2 heterocycles. The van der Waals surface area contributed by atoms with E-state index < -0.39 is 10.0 Å². The fourth-order valence-corrected chi connectivity index (χ4v) is 5.96. The Balaban J connectivity index is 1.39. The Morgan fingerprint density at radius 1 is 1.10 bits per heavy atom. The highest BCUT2D eigenvalue weighted by atomic mass is 35.5. The molecule has 0 aliphatic carbocycles. The number of sulfonamides is 1. The van der Waals surface area contributed by atoms with E-state index in [0.29, 0.717) is 29.5 Å². The standard InChI is InChI=1S/C21H20ClN3O3S2/c22-19-6-2-1-5-18(19)21-24-16(14-29-21)13-20(26)23-15-7-9-17(10-8-15)30(27,28)25-11-3-4-12-25/h1-2,5-10,14H,3-4,11-13H2,(H,23,26). The molecule has 156 valence electrons. The average molecular weight is 462 g/mol. The molecule has 6 nitrogen and oxygen atoms in total. The SMILES string of the molecule is O=C(Cc1csc(-c2ccccc2Cl)n1)Nc1ccc(S(=O)(=O)N2CCCC2)cc1. The van der Waals surface area contributed by atoms with Crippen molar-refractivity contribution in [2.24, 2.45) is 0 Å². The largest absolute Gasteiger partial charge is 0.326 e. The molecule has 0 unspecified atom stereocenters. The summed E-state index contributed by atoms with van der Waals surface area (Å²) < 4.78 is 26.6. The molecular weight excluding hydrogens is 442 g/mol. The van der Waals surface area contributed by atoms with Crippen molar-refractivity contribution in [1.82, 2.24) is 9.29 Å². The monoisotopic (exact) mass is 461 g/mol. The summed E-state index contributed by atoms with van der Waals surface area (Å²) >= 11 is 7.64. The zero-order chi connectivity index (χ0) is 21.1. The van der Waals surface area contributed by atoms with Crippen LogP contribution in [0.4, 0.5) is 5.69 Å². The van der Waals surface area contributed by atoms with Crippen LogP contribution in [0.5, 0.6) is 0 Å². The van der Waals surface area contributed by atoms with Crippen molar-refractivity contribution in [2.45, 2.75) is 24.2 Å². The Morgan fingerprint density at radius 2 is 1.80 bits per heavy atom. The second-order valence-corrected chi connectivity index (χ2v) is 10.2. The molecule has 1 N–H and O–H groups in total. The molecule has 1 aliphatic rings. The molecule has 0 bridgehead atoms. The second kappa shape index (κ2) is 8.85. The number of aromatic nitrogens is 1. The molecule has 0 saturated carbocycles. The lowest BCUT2D eigenvalue weighted by Gasteiger charge is -2.15. The van der Waals surface area contributed by atoms with E-state index in [1.807, 2.05) is 23.6 Å². The quantitative estimate of drug-likeness (QED) is 0.589. The highest BCUT2D eigenvalue weighted by molar-refractivity contribution is 7.89. The third-order valence-electron chi connectivity index (χ3n) is 4.84. The number of carbonyl (C=O) groups is 1. The van der Waals surface area contributed by atoms with Gasteiger partial charge < -0.3 is 5.32 Å². The van der Waals surface area contributed by atoms with Crippen LogP contribution in [0.25, 0.3) is 10.6 Å². The van der Waals surface area contributed by atoms with Gasteiger partial charge in [0.2, 0.25) is 15.9 Å². The number of nitrogens with zero attached hydrogens (tertiary/aromatic N) is 2. The number of carbonyl (C=O) groups excluding carboxylic acids is 1. The van der Waals surface area contributed by atoms with Crippen LogP contribution in [0.2, 0.25) is 5.02 Å². The molecule has 3 aromatic rings. The van der Waals surface area contributed by atoms with Crippen LogP contribution in [0.3, 0.4) is 0 Å². The van der Waals surface area contributed by atoms with Gasteiger partial charge in [-0.05, 0) is 43.2 Å². The number of hydrogen-bond donors (Lipinski definition) is 1. The maximum Gasteiger partial charge on any atom is 0.243 e. The van der Waals surface area contributed by atoms with Gasteiger partial charge in [0.15, 0.2) is 0 Å². The van der Waals surface area contributed by atoms with Crippen LogP contribution in [0, 0.1) is 0 Å². The van der Waals surface area contributed by atoms with Gasteiger partial charge in [0.1, 0.15) is 5.01 Å². The Hall–Kier alpha value is -2.26. The van der Waals surface area contributed by atoms with Crippen molar-refractivity contribution >= 4 is 44.6 Å². The molecule has 1 aliphatic heterocycles. The van der Waals surface area contributed by atoms with Crippen LogP contribution in [-0.4, -0.2) is 36.7 Å². The van der Waals surface area contributed by atoms with Crippen molar-refractivity contribution in [3.63, 3.8) is 0 Å². The lowest BCUT2D eigenvalue weighted by molar-refractivity contribution is -0.115. The molecule has 1 aromatic heterocycles. The number of amides is 1. The third-order valence-corrected chi connectivity index (χ3v) is 8.01. The van der Waals surface area contributed by atoms with Gasteiger partial charge in [-0.2, -0.15) is 4.31 Å². The van der Waals surface area contributed by atoms with E-state index in [4.69, 9.17) is 11.6 Å². The van der Waals surface area contributed by atoms with Crippen LogP contribution in [-0.2, 0) is 21.2 Å². The lowest BCUT2D eigenvalue weighted by Crippen LogP contribution is -2.27. The Bertz CT molecular complexity index is 1150. The van der Waals surface area contributed by atoms with Crippen LogP contribution in [0.15, 0.2) is 58.8 Å². The van der Waals surface area contributed by atoms with Crippen LogP contribution >= 0.6 is 22.9 Å². The fraction of sp³-hybridized carbons (Fsp3) is 0.238. The summed E-state index contributed by atoms with van der Waals surface area (Å²) in [6, 6.07) is 13.7. The molecule has 30 heavy (non-hydrogen) atoms. The summed E-state index contributed by atoms with van der Waals surface area (Å²) in [6.07, 6.45) is 1.90. The van der Waals surface area contributed by atoms with E-state index in [2.05, 4.69) is 10.3 Å². The van der Waals surface area contributed by atoms with E-state index in [1.54, 1.807) is 18.2 Å². The van der Waals surface area contributed by atoms with Gasteiger partial charge in [-0.1, -0.05) is 29.8 Å². The predicted octanol–water partition coefficient (Wildman–Crippen LogP) is 4.43. The topological polar surface area (TPSA) is 79.4 Å². The van der Waals surface area contributed by atoms with Gasteiger partial charge in [-0.3, -0.25) is 4.79 Å². The number of thiazole rings is 1. The van der Waals surface area contributed by atoms with E-state index in [9.17, 15) is 13.2 Å². The smallest absolute Gasteiger partial charge is 0.243 e. The third kappa shape index (κ3) is 4.57. The first-order chi connectivity index (χ1) is 14.4. The highest BCUT2D eigenvalue weighted by Gasteiger charge is 2.26. The summed E-state index contributed by atoms with van der Waals surface area (Å²) in [5.74, 6) is -0.221. The summed E-state index contributed by atoms with van der Waals surface area (Å²) in [5.41, 5.74) is 2.04. The number of nitrogens with one attached hydrogen (secondary N) is 1. The van der Waals surface area contributed by atoms with E-state index in [0.717, 1.165) is 23.4 Å². The van der Waals surface area contributed by atoms with Gasteiger partial charge in [0.25, 0.3) is 0 Å². The van der Waals surface area contributed by atoms with Gasteiger partial charge >= 0.3 is 0 Å². The molecule has 0 spiro atoms. The van der Waals surface area contributed by atoms with Crippen molar-refractivity contribution in [2.75, 3.05) is 18.4 Å². The summed E-state index contributed by atoms with van der Waals surface area (Å²) in [4.78, 5) is 17.1. The first-order valence-corrected chi connectivity index (χ1v) is 12.2. The zero-order valence-electron chi connectivity index (χ0n) is 16.0. The first-order valence-electron chi connectivity index (χ1n) is 9.53. The van der Waals surface area contributed by atoms with Crippen LogP contribution in [0.1, 0.15) is 18.5 Å². The molecule has 2 aromatic carbocycles. The van der Waals surface area contributed by atoms with Crippen molar-refractivity contribution in [3.05, 3.63) is 64.6 Å². The Morgan fingerprint density at radius 3 is 2.50 bits per heavy atom. The molecule has 1 fully saturated rings. The maximum absolute atomic E-state index is 12.6. The molecule has 1 saturated heterocycles. The Labute approximate surface area is 184 Å². The van der Waals surface area contributed by atoms with Gasteiger partial charge in [-0.15, -0.1) is 11.3 Å². The predicted molar refractivity (Wildman–Crippen MR) is 119 cm³/mol. The minimum Gasteiger partial charge on any atom is -0.326 e. The molecule has 0 radical (unpaired) electrons. The highest BCUT2D eigenvalue weighted by Crippen LogP contribution is 2.30. The fourth-order valence-electron chi connectivity index (χ4n) is 3.30. The molecule has 4 rings (SSSR count). The second-order valence-electron chi connectivity index (χ2n) is 6.98. The number of halogens is 1. The van der Waals surface area contributed by atoms with Crippen molar-refractivity contribution in [1.29, 1.82) is 0 Å². The zero-order valence-corrected chi connectivity index (χ0v) is 18.4. The molecule has 0 atom stereocenters. The van der Waals surface area contributed by atoms with Crippen LogP contribution < -0.4 is 5.32 Å². The van der Waals surface area contributed by atoms with Gasteiger partial charge in [0, 0.05) is 29.7 Å². The summed E-state index contributed by atoms with van der Waals surface area (Å²) in [7, 11) is -3.46. The molecule has 1 amide bonds. The average Bonchev–Trinajstić information content (AvgIpc) is 3.41. The number of rotatable bonds is 6. The number of anilines is 1. The van der Waals surface area contributed by atoms with Crippen molar-refractivity contribution < 1.29 is 13.2 Å². The van der Waals surface area contributed by atoms with Gasteiger partial charge in [0.05, 0.1) is 22.0 Å². The first kappa shape index (κ1) is 21.0. The maximum atomic E-state index is 12.6. The molecule has 9 heteroatoms. The number of benzene rings is 2. The lowest BCUT2D eigenvalue weighted by atomic mass is 10.2. The molecular formula is C21H20ClN3O3S2.